The first kappa shape index (κ1) is 11.7. The molecule has 14 heavy (non-hydrogen) atoms. The lowest BCUT2D eigenvalue weighted by molar-refractivity contribution is 0.113. The van der Waals surface area contributed by atoms with Gasteiger partial charge in [0.1, 0.15) is 0 Å². The Kier molecular flexibility index (Phi) is 5.15. The third kappa shape index (κ3) is 4.22. The minimum Gasteiger partial charge on any atom is -0.395 e. The minimum absolute atomic E-state index is 0.283. The van der Waals surface area contributed by atoms with Crippen molar-refractivity contribution in [3.05, 3.63) is 12.2 Å². The summed E-state index contributed by atoms with van der Waals surface area (Å²) in [5.74, 6) is 0. The summed E-state index contributed by atoms with van der Waals surface area (Å²) < 4.78 is 0. The Bertz CT molecular complexity index is 174. The lowest BCUT2D eigenvalue weighted by atomic mass is 10.2. The summed E-state index contributed by atoms with van der Waals surface area (Å²) in [5.41, 5.74) is 1.27. The molecule has 0 unspecified atom stereocenters. The van der Waals surface area contributed by atoms with Crippen molar-refractivity contribution in [1.29, 1.82) is 0 Å². The first-order valence-electron chi connectivity index (χ1n) is 5.42. The highest BCUT2D eigenvalue weighted by Gasteiger charge is 2.15. The second-order valence-corrected chi connectivity index (χ2v) is 4.11. The molecule has 0 aliphatic carbocycles. The largest absolute Gasteiger partial charge is 0.395 e. The Hall–Kier alpha value is -0.380. The van der Waals surface area contributed by atoms with Gasteiger partial charge in [0.25, 0.3) is 0 Å². The zero-order chi connectivity index (χ0) is 10.4. The highest BCUT2D eigenvalue weighted by atomic mass is 16.3. The lowest BCUT2D eigenvalue weighted by Crippen LogP contribution is -2.47. The summed E-state index contributed by atoms with van der Waals surface area (Å²) in [4.78, 5) is 4.79. The van der Waals surface area contributed by atoms with Crippen LogP contribution in [-0.2, 0) is 0 Å². The summed E-state index contributed by atoms with van der Waals surface area (Å²) in [6, 6.07) is 0. The second-order valence-electron chi connectivity index (χ2n) is 4.11. The predicted octanol–water partition coefficient (Wildman–Crippen LogP) is 0.562. The van der Waals surface area contributed by atoms with E-state index < -0.39 is 0 Å². The fraction of sp³-hybridized carbons (Fsp3) is 0.818. The van der Waals surface area contributed by atoms with Gasteiger partial charge in [0, 0.05) is 39.3 Å². The van der Waals surface area contributed by atoms with E-state index in [0.717, 1.165) is 45.7 Å². The molecule has 0 aromatic rings. The van der Waals surface area contributed by atoms with E-state index in [1.54, 1.807) is 0 Å². The maximum atomic E-state index is 8.79. The highest BCUT2D eigenvalue weighted by molar-refractivity contribution is 4.89. The number of aliphatic hydroxyl groups is 1. The van der Waals surface area contributed by atoms with Crippen molar-refractivity contribution in [1.82, 2.24) is 9.80 Å². The van der Waals surface area contributed by atoms with Gasteiger partial charge in [-0.2, -0.15) is 0 Å². The van der Waals surface area contributed by atoms with Crippen LogP contribution in [-0.4, -0.2) is 60.8 Å². The smallest absolute Gasteiger partial charge is 0.0558 e. The molecular weight excluding hydrogens is 176 g/mol. The monoisotopic (exact) mass is 198 g/mol. The maximum Gasteiger partial charge on any atom is 0.0558 e. The van der Waals surface area contributed by atoms with Crippen molar-refractivity contribution in [2.24, 2.45) is 0 Å². The molecule has 3 nitrogen and oxygen atoms in total. The lowest BCUT2D eigenvalue weighted by Gasteiger charge is -2.34. The van der Waals surface area contributed by atoms with Gasteiger partial charge >= 0.3 is 0 Å². The van der Waals surface area contributed by atoms with Crippen LogP contribution in [0.5, 0.6) is 0 Å². The normalized spacial score (nSPS) is 19.9. The SMILES string of the molecule is C=C(C)CCN1CCN(CCO)CC1. The average Bonchev–Trinajstić information content (AvgIpc) is 2.17. The maximum absolute atomic E-state index is 8.79. The molecule has 1 heterocycles. The summed E-state index contributed by atoms with van der Waals surface area (Å²) in [6.07, 6.45) is 1.11. The van der Waals surface area contributed by atoms with E-state index >= 15 is 0 Å². The van der Waals surface area contributed by atoms with E-state index in [-0.39, 0.29) is 6.61 Å². The zero-order valence-electron chi connectivity index (χ0n) is 9.21. The van der Waals surface area contributed by atoms with Gasteiger partial charge in [-0.3, -0.25) is 4.90 Å². The molecular formula is C11H22N2O. The van der Waals surface area contributed by atoms with Gasteiger partial charge in [-0.15, -0.1) is 6.58 Å². The topological polar surface area (TPSA) is 26.7 Å². The number of rotatable bonds is 5. The van der Waals surface area contributed by atoms with Crippen LogP contribution in [0.3, 0.4) is 0 Å². The average molecular weight is 198 g/mol. The van der Waals surface area contributed by atoms with E-state index in [2.05, 4.69) is 23.3 Å². The Morgan fingerprint density at radius 1 is 1.14 bits per heavy atom. The molecule has 0 bridgehead atoms. The van der Waals surface area contributed by atoms with E-state index in [4.69, 9.17) is 5.11 Å². The molecule has 0 atom stereocenters. The molecule has 1 fully saturated rings. The molecule has 0 aromatic carbocycles. The number of aliphatic hydroxyl groups excluding tert-OH is 1. The van der Waals surface area contributed by atoms with E-state index in [1.165, 1.54) is 5.57 Å². The summed E-state index contributed by atoms with van der Waals surface area (Å²) in [7, 11) is 0. The van der Waals surface area contributed by atoms with Crippen molar-refractivity contribution in [2.45, 2.75) is 13.3 Å². The number of nitrogens with zero attached hydrogens (tertiary/aromatic N) is 2. The summed E-state index contributed by atoms with van der Waals surface area (Å²) in [6.45, 7) is 12.7. The quantitative estimate of drug-likeness (QED) is 0.654. The standard InChI is InChI=1S/C11H22N2O/c1-11(2)3-4-12-5-7-13(8-6-12)9-10-14/h14H,1,3-10H2,2H3. The van der Waals surface area contributed by atoms with Gasteiger partial charge in [0.15, 0.2) is 0 Å². The minimum atomic E-state index is 0.283. The van der Waals surface area contributed by atoms with Crippen LogP contribution in [0.25, 0.3) is 0 Å². The van der Waals surface area contributed by atoms with Crippen LogP contribution >= 0.6 is 0 Å². The zero-order valence-corrected chi connectivity index (χ0v) is 9.21. The van der Waals surface area contributed by atoms with Crippen LogP contribution in [0.15, 0.2) is 12.2 Å². The van der Waals surface area contributed by atoms with Crippen molar-refractivity contribution >= 4 is 0 Å². The molecule has 0 amide bonds. The van der Waals surface area contributed by atoms with Crippen LogP contribution in [0.4, 0.5) is 0 Å². The third-order valence-electron chi connectivity index (χ3n) is 2.74. The van der Waals surface area contributed by atoms with Crippen LogP contribution in [0.1, 0.15) is 13.3 Å². The number of hydrogen-bond acceptors (Lipinski definition) is 3. The van der Waals surface area contributed by atoms with E-state index in [1.807, 2.05) is 0 Å². The molecule has 82 valence electrons. The second kappa shape index (κ2) is 6.17. The van der Waals surface area contributed by atoms with Crippen LogP contribution in [0, 0.1) is 0 Å². The molecule has 0 spiro atoms. The van der Waals surface area contributed by atoms with Crippen molar-refractivity contribution in [3.8, 4) is 0 Å². The van der Waals surface area contributed by atoms with Gasteiger partial charge in [0.05, 0.1) is 6.61 Å². The fourth-order valence-corrected chi connectivity index (χ4v) is 1.73. The van der Waals surface area contributed by atoms with Gasteiger partial charge in [-0.05, 0) is 13.3 Å². The number of β-amino-alcohol motifs (C(OH)–C–C–N with tert-alkyl or cyclic N) is 1. The molecule has 0 aromatic heterocycles. The molecule has 3 heteroatoms. The first-order chi connectivity index (χ1) is 6.72. The van der Waals surface area contributed by atoms with Crippen molar-refractivity contribution < 1.29 is 5.11 Å². The fourth-order valence-electron chi connectivity index (χ4n) is 1.73. The van der Waals surface area contributed by atoms with Crippen molar-refractivity contribution in [2.75, 3.05) is 45.9 Å². The van der Waals surface area contributed by atoms with Gasteiger partial charge < -0.3 is 10.0 Å². The van der Waals surface area contributed by atoms with Gasteiger partial charge in [-0.25, -0.2) is 0 Å². The first-order valence-corrected chi connectivity index (χ1v) is 5.42. The third-order valence-corrected chi connectivity index (χ3v) is 2.74. The molecule has 1 aliphatic heterocycles. The van der Waals surface area contributed by atoms with E-state index in [9.17, 15) is 0 Å². The summed E-state index contributed by atoms with van der Waals surface area (Å²) >= 11 is 0. The van der Waals surface area contributed by atoms with Crippen LogP contribution in [0.2, 0.25) is 0 Å². The predicted molar refractivity (Wildman–Crippen MR) is 59.4 cm³/mol. The molecule has 1 aliphatic rings. The number of hydrogen-bond donors (Lipinski definition) is 1. The Balaban J connectivity index is 2.12. The molecule has 1 saturated heterocycles. The van der Waals surface area contributed by atoms with Crippen LogP contribution < -0.4 is 0 Å². The van der Waals surface area contributed by atoms with Gasteiger partial charge in [0.2, 0.25) is 0 Å². The van der Waals surface area contributed by atoms with Gasteiger partial charge in [-0.1, -0.05) is 5.57 Å². The Morgan fingerprint density at radius 2 is 1.64 bits per heavy atom. The highest BCUT2D eigenvalue weighted by Crippen LogP contribution is 2.04. The Morgan fingerprint density at radius 3 is 2.07 bits per heavy atom. The number of piperazine rings is 1. The van der Waals surface area contributed by atoms with E-state index in [0.29, 0.717) is 0 Å². The molecule has 1 N–H and O–H groups in total. The molecule has 1 rings (SSSR count). The molecule has 0 saturated carbocycles. The van der Waals surface area contributed by atoms with Crippen molar-refractivity contribution in [3.63, 3.8) is 0 Å². The summed E-state index contributed by atoms with van der Waals surface area (Å²) in [5, 5.41) is 8.79. The Labute approximate surface area is 87.0 Å². The molecule has 0 radical (unpaired) electrons.